The van der Waals surface area contributed by atoms with Crippen molar-refractivity contribution in [1.82, 2.24) is 9.38 Å². The lowest BCUT2D eigenvalue weighted by molar-refractivity contribution is 0.0691. The van der Waals surface area contributed by atoms with Gasteiger partial charge >= 0.3 is 5.97 Å². The highest BCUT2D eigenvalue weighted by Gasteiger charge is 2.13. The van der Waals surface area contributed by atoms with Crippen LogP contribution in [-0.2, 0) is 4.74 Å². The number of hydrogen-bond donors (Lipinski definition) is 1. The molecule has 0 amide bonds. The first-order chi connectivity index (χ1) is 8.61. The van der Waals surface area contributed by atoms with Gasteiger partial charge < -0.3 is 19.0 Å². The molecule has 96 valence electrons. The molecule has 1 N–H and O–H groups in total. The molecule has 2 aromatic rings. The van der Waals surface area contributed by atoms with Crippen molar-refractivity contribution >= 4 is 11.6 Å². The Morgan fingerprint density at radius 1 is 1.50 bits per heavy atom. The molecule has 0 bridgehead atoms. The summed E-state index contributed by atoms with van der Waals surface area (Å²) in [5.74, 6) is -1.54. The quantitative estimate of drug-likeness (QED) is 0.811. The zero-order valence-electron chi connectivity index (χ0n) is 9.59. The molecule has 0 saturated carbocycles. The topological polar surface area (TPSA) is 73.1 Å². The summed E-state index contributed by atoms with van der Waals surface area (Å²) in [6.07, 6.45) is 2.36. The summed E-state index contributed by atoms with van der Waals surface area (Å²) in [4.78, 5) is 14.7. The molecule has 2 aromatic heterocycles. The number of aromatic nitrogens is 2. The third kappa shape index (κ3) is 2.40. The molecule has 7 heteroatoms. The molecular weight excluding hydrogens is 243 g/mol. The average Bonchev–Trinajstić information content (AvgIpc) is 2.73. The molecule has 0 aliphatic rings. The number of carbonyl (C=O) groups is 1. The summed E-state index contributed by atoms with van der Waals surface area (Å²) in [5.41, 5.74) is 0.0853. The van der Waals surface area contributed by atoms with Crippen LogP contribution >= 0.6 is 0 Å². The average molecular weight is 254 g/mol. The van der Waals surface area contributed by atoms with E-state index in [4.69, 9.17) is 14.6 Å². The van der Waals surface area contributed by atoms with E-state index in [1.54, 1.807) is 0 Å². The molecule has 18 heavy (non-hydrogen) atoms. The zero-order valence-corrected chi connectivity index (χ0v) is 9.59. The molecular formula is C11H11FN2O4. The molecule has 0 radical (unpaired) electrons. The molecule has 2 heterocycles. The van der Waals surface area contributed by atoms with Crippen molar-refractivity contribution in [3.63, 3.8) is 0 Å². The van der Waals surface area contributed by atoms with Crippen molar-refractivity contribution in [3.05, 3.63) is 30.0 Å². The lowest BCUT2D eigenvalue weighted by atomic mass is 10.4. The van der Waals surface area contributed by atoms with E-state index in [2.05, 4.69) is 4.98 Å². The molecule has 0 saturated heterocycles. The van der Waals surface area contributed by atoms with Gasteiger partial charge in [-0.15, -0.1) is 0 Å². The molecule has 0 aliphatic carbocycles. The number of rotatable bonds is 5. The van der Waals surface area contributed by atoms with Gasteiger partial charge in [-0.1, -0.05) is 0 Å². The summed E-state index contributed by atoms with van der Waals surface area (Å²) in [6.45, 7) is 0.569. The summed E-state index contributed by atoms with van der Waals surface area (Å²) < 4.78 is 24.7. The highest BCUT2D eigenvalue weighted by Crippen LogP contribution is 2.21. The fourth-order valence-corrected chi connectivity index (χ4v) is 1.48. The van der Waals surface area contributed by atoms with Crippen LogP contribution in [0.4, 0.5) is 4.39 Å². The Kier molecular flexibility index (Phi) is 3.42. The van der Waals surface area contributed by atoms with Gasteiger partial charge in [0.05, 0.1) is 6.61 Å². The number of methoxy groups -OCH3 is 1. The molecule has 0 atom stereocenters. The van der Waals surface area contributed by atoms with E-state index in [0.29, 0.717) is 6.61 Å². The van der Waals surface area contributed by atoms with E-state index in [-0.39, 0.29) is 23.7 Å². The smallest absolute Gasteiger partial charge is 0.356 e. The minimum absolute atomic E-state index is 0.169. The number of imidazole rings is 1. The molecule has 0 aliphatic heterocycles. The summed E-state index contributed by atoms with van der Waals surface area (Å²) >= 11 is 0. The van der Waals surface area contributed by atoms with Gasteiger partial charge in [0.2, 0.25) is 0 Å². The Morgan fingerprint density at radius 2 is 2.28 bits per heavy atom. The number of halogens is 1. The third-order valence-corrected chi connectivity index (χ3v) is 2.25. The summed E-state index contributed by atoms with van der Waals surface area (Å²) in [6, 6.07) is 1.16. The molecule has 6 nitrogen and oxygen atoms in total. The highest BCUT2D eigenvalue weighted by molar-refractivity contribution is 5.86. The number of fused-ring (bicyclic) bond motifs is 1. The Balaban J connectivity index is 2.40. The molecule has 2 rings (SSSR count). The fraction of sp³-hybridized carbons (Fsp3) is 0.273. The predicted molar refractivity (Wildman–Crippen MR) is 59.5 cm³/mol. The van der Waals surface area contributed by atoms with E-state index >= 15 is 0 Å². The van der Waals surface area contributed by atoms with Crippen LogP contribution in [0.15, 0.2) is 18.5 Å². The van der Waals surface area contributed by atoms with Gasteiger partial charge in [0.1, 0.15) is 12.4 Å². The van der Waals surface area contributed by atoms with Crippen molar-refractivity contribution in [2.45, 2.75) is 0 Å². The predicted octanol–water partition coefficient (Wildman–Crippen LogP) is 1.20. The lowest BCUT2D eigenvalue weighted by Gasteiger charge is -2.06. The Hall–Kier alpha value is -2.15. The zero-order chi connectivity index (χ0) is 13.1. The van der Waals surface area contributed by atoms with Crippen molar-refractivity contribution in [2.24, 2.45) is 0 Å². The molecule has 0 unspecified atom stereocenters. The van der Waals surface area contributed by atoms with Gasteiger partial charge in [0.25, 0.3) is 0 Å². The van der Waals surface area contributed by atoms with Crippen molar-refractivity contribution in [1.29, 1.82) is 0 Å². The van der Waals surface area contributed by atoms with E-state index in [0.717, 1.165) is 12.3 Å². The largest absolute Gasteiger partial charge is 0.487 e. The SMILES string of the molecule is COCCOc1cc(F)cn2cc(C(=O)O)nc12. The van der Waals surface area contributed by atoms with E-state index in [1.807, 2.05) is 0 Å². The van der Waals surface area contributed by atoms with Crippen LogP contribution in [-0.4, -0.2) is 40.8 Å². The summed E-state index contributed by atoms with van der Waals surface area (Å²) in [5, 5.41) is 8.83. The van der Waals surface area contributed by atoms with Gasteiger partial charge in [-0.3, -0.25) is 0 Å². The maximum atomic E-state index is 13.3. The Bertz CT molecular complexity index is 582. The Morgan fingerprint density at radius 3 is 2.94 bits per heavy atom. The van der Waals surface area contributed by atoms with Crippen LogP contribution in [0.3, 0.4) is 0 Å². The first-order valence-electron chi connectivity index (χ1n) is 5.15. The molecule has 0 aromatic carbocycles. The second-order valence-electron chi connectivity index (χ2n) is 3.53. The molecule has 0 fully saturated rings. The van der Waals surface area contributed by atoms with Gasteiger partial charge in [-0.2, -0.15) is 0 Å². The third-order valence-electron chi connectivity index (χ3n) is 2.25. The van der Waals surface area contributed by atoms with Gasteiger partial charge in [0, 0.05) is 25.6 Å². The normalized spacial score (nSPS) is 10.8. The van der Waals surface area contributed by atoms with Crippen LogP contribution in [0.25, 0.3) is 5.65 Å². The lowest BCUT2D eigenvalue weighted by Crippen LogP contribution is -2.05. The minimum Gasteiger partial charge on any atom is -0.487 e. The van der Waals surface area contributed by atoms with Crippen LogP contribution < -0.4 is 4.74 Å². The monoisotopic (exact) mass is 254 g/mol. The van der Waals surface area contributed by atoms with Crippen LogP contribution in [0.1, 0.15) is 10.5 Å². The number of ether oxygens (including phenoxy) is 2. The van der Waals surface area contributed by atoms with Gasteiger partial charge in [-0.25, -0.2) is 14.2 Å². The first kappa shape index (κ1) is 12.3. The second kappa shape index (κ2) is 5.01. The van der Waals surface area contributed by atoms with Gasteiger partial charge in [-0.05, 0) is 0 Å². The van der Waals surface area contributed by atoms with E-state index in [9.17, 15) is 9.18 Å². The van der Waals surface area contributed by atoms with Crippen molar-refractivity contribution in [2.75, 3.05) is 20.3 Å². The number of carboxylic acid groups (broad SMARTS) is 1. The maximum Gasteiger partial charge on any atom is 0.356 e. The summed E-state index contributed by atoms with van der Waals surface area (Å²) in [7, 11) is 1.52. The number of nitrogens with zero attached hydrogens (tertiary/aromatic N) is 2. The van der Waals surface area contributed by atoms with Crippen LogP contribution in [0, 0.1) is 5.82 Å². The van der Waals surface area contributed by atoms with E-state index < -0.39 is 11.8 Å². The standard InChI is InChI=1S/C11H11FN2O4/c1-17-2-3-18-9-4-7(12)5-14-6-8(11(15)16)13-10(9)14/h4-6H,2-3H2,1H3,(H,15,16). The number of carboxylic acids is 1. The minimum atomic E-state index is -1.18. The van der Waals surface area contributed by atoms with Crippen molar-refractivity contribution in [3.8, 4) is 5.75 Å². The number of pyridine rings is 1. The van der Waals surface area contributed by atoms with Crippen LogP contribution in [0.5, 0.6) is 5.75 Å². The van der Waals surface area contributed by atoms with E-state index in [1.165, 1.54) is 17.7 Å². The van der Waals surface area contributed by atoms with Gasteiger partial charge in [0.15, 0.2) is 17.1 Å². The van der Waals surface area contributed by atoms with Crippen molar-refractivity contribution < 1.29 is 23.8 Å². The number of aromatic carboxylic acids is 1. The first-order valence-corrected chi connectivity index (χ1v) is 5.15. The second-order valence-corrected chi connectivity index (χ2v) is 3.53. The molecule has 0 spiro atoms. The Labute approximate surface area is 102 Å². The number of hydrogen-bond acceptors (Lipinski definition) is 4. The van der Waals surface area contributed by atoms with Crippen LogP contribution in [0.2, 0.25) is 0 Å². The maximum absolute atomic E-state index is 13.3. The highest BCUT2D eigenvalue weighted by atomic mass is 19.1. The fourth-order valence-electron chi connectivity index (χ4n) is 1.48.